The number of carbonyl (C=O) groups is 1. The van der Waals surface area contributed by atoms with Gasteiger partial charge in [-0.25, -0.2) is 0 Å². The van der Waals surface area contributed by atoms with Crippen LogP contribution in [0.2, 0.25) is 0 Å². The molecule has 4 heteroatoms. The third-order valence-electron chi connectivity index (χ3n) is 3.34. The van der Waals surface area contributed by atoms with Gasteiger partial charge in [0.05, 0.1) is 0 Å². The summed E-state index contributed by atoms with van der Waals surface area (Å²) in [6, 6.07) is 7.85. The molecule has 1 aromatic rings. The fourth-order valence-electron chi connectivity index (χ4n) is 2.05. The van der Waals surface area contributed by atoms with Crippen LogP contribution in [0.3, 0.4) is 0 Å². The zero-order valence-corrected chi connectivity index (χ0v) is 11.2. The Morgan fingerprint density at radius 1 is 1.41 bits per heavy atom. The molecule has 3 nitrogen and oxygen atoms in total. The molecule has 1 aliphatic rings. The van der Waals surface area contributed by atoms with Crippen molar-refractivity contribution >= 4 is 18.5 Å². The quantitative estimate of drug-likeness (QED) is 0.768. The van der Waals surface area contributed by atoms with Crippen LogP contribution in [0.1, 0.15) is 17.3 Å². The van der Waals surface area contributed by atoms with Gasteiger partial charge in [-0.2, -0.15) is 0 Å². The van der Waals surface area contributed by atoms with Crippen molar-refractivity contribution < 1.29 is 4.79 Å². The molecule has 1 atom stereocenters. The first kappa shape index (κ1) is 12.5. The van der Waals surface area contributed by atoms with E-state index in [-0.39, 0.29) is 5.91 Å². The minimum absolute atomic E-state index is 0.112. The molecule has 1 amide bonds. The largest absolute Gasteiger partial charge is 0.336 e. The number of carbonyl (C=O) groups excluding carboxylic acids is 1. The standard InChI is InChI=1S/C13H18N2OS/c1-10-9-15(7-6-14(10)2)13(16)11-4-3-5-12(17)8-11/h3-5,8,10,17H,6-7,9H2,1-2H3. The van der Waals surface area contributed by atoms with E-state index in [9.17, 15) is 4.79 Å². The summed E-state index contributed by atoms with van der Waals surface area (Å²) in [6.07, 6.45) is 0. The van der Waals surface area contributed by atoms with E-state index in [1.807, 2.05) is 29.2 Å². The van der Waals surface area contributed by atoms with Crippen molar-refractivity contribution in [2.24, 2.45) is 0 Å². The van der Waals surface area contributed by atoms with E-state index in [1.165, 1.54) is 0 Å². The number of thiol groups is 1. The second kappa shape index (κ2) is 5.10. The van der Waals surface area contributed by atoms with Crippen LogP contribution in [0.5, 0.6) is 0 Å². The summed E-state index contributed by atoms with van der Waals surface area (Å²) in [5.41, 5.74) is 0.731. The summed E-state index contributed by atoms with van der Waals surface area (Å²) >= 11 is 4.27. The average Bonchev–Trinajstić information content (AvgIpc) is 2.32. The number of nitrogens with zero attached hydrogens (tertiary/aromatic N) is 2. The lowest BCUT2D eigenvalue weighted by atomic mass is 10.1. The van der Waals surface area contributed by atoms with Gasteiger partial charge in [-0.1, -0.05) is 6.07 Å². The highest BCUT2D eigenvalue weighted by molar-refractivity contribution is 7.80. The van der Waals surface area contributed by atoms with Crippen LogP contribution in [0, 0.1) is 0 Å². The van der Waals surface area contributed by atoms with E-state index in [1.54, 1.807) is 0 Å². The van der Waals surface area contributed by atoms with Gasteiger partial charge in [0.15, 0.2) is 0 Å². The van der Waals surface area contributed by atoms with Gasteiger partial charge in [0.2, 0.25) is 0 Å². The Morgan fingerprint density at radius 3 is 2.82 bits per heavy atom. The van der Waals surface area contributed by atoms with Gasteiger partial charge in [-0.15, -0.1) is 12.6 Å². The summed E-state index contributed by atoms with van der Waals surface area (Å²) in [7, 11) is 2.10. The van der Waals surface area contributed by atoms with Gasteiger partial charge in [-0.05, 0) is 32.2 Å². The second-order valence-corrected chi connectivity index (χ2v) is 5.15. The van der Waals surface area contributed by atoms with Crippen molar-refractivity contribution in [1.82, 2.24) is 9.80 Å². The van der Waals surface area contributed by atoms with Gasteiger partial charge >= 0.3 is 0 Å². The number of rotatable bonds is 1. The Labute approximate surface area is 108 Å². The lowest BCUT2D eigenvalue weighted by Gasteiger charge is -2.37. The number of hydrogen-bond donors (Lipinski definition) is 1. The summed E-state index contributed by atoms with van der Waals surface area (Å²) < 4.78 is 0. The van der Waals surface area contributed by atoms with E-state index in [0.717, 1.165) is 30.1 Å². The van der Waals surface area contributed by atoms with Crippen molar-refractivity contribution in [2.45, 2.75) is 17.9 Å². The number of amides is 1. The first-order chi connectivity index (χ1) is 8.08. The maximum absolute atomic E-state index is 12.3. The highest BCUT2D eigenvalue weighted by Crippen LogP contribution is 2.14. The number of piperazine rings is 1. The highest BCUT2D eigenvalue weighted by Gasteiger charge is 2.24. The predicted octanol–water partition coefficient (Wildman–Crippen LogP) is 1.75. The van der Waals surface area contributed by atoms with Crippen LogP contribution in [-0.4, -0.2) is 48.4 Å². The molecule has 2 rings (SSSR count). The molecular formula is C13H18N2OS. The van der Waals surface area contributed by atoms with Crippen molar-refractivity contribution in [3.8, 4) is 0 Å². The molecule has 0 aliphatic carbocycles. The summed E-state index contributed by atoms with van der Waals surface area (Å²) in [6.45, 7) is 4.69. The minimum Gasteiger partial charge on any atom is -0.336 e. The Kier molecular flexibility index (Phi) is 3.74. The van der Waals surface area contributed by atoms with E-state index < -0.39 is 0 Å². The van der Waals surface area contributed by atoms with Crippen LogP contribution in [0.25, 0.3) is 0 Å². The molecule has 1 heterocycles. The summed E-state index contributed by atoms with van der Waals surface area (Å²) in [5.74, 6) is 0.112. The molecule has 0 aromatic heterocycles. The van der Waals surface area contributed by atoms with E-state index >= 15 is 0 Å². The summed E-state index contributed by atoms with van der Waals surface area (Å²) in [5, 5.41) is 0. The molecule has 0 spiro atoms. The van der Waals surface area contributed by atoms with Gasteiger partial charge in [0.1, 0.15) is 0 Å². The maximum atomic E-state index is 12.3. The molecule has 0 saturated carbocycles. The van der Waals surface area contributed by atoms with Crippen LogP contribution in [0.15, 0.2) is 29.2 Å². The molecule has 17 heavy (non-hydrogen) atoms. The first-order valence-corrected chi connectivity index (χ1v) is 6.31. The van der Waals surface area contributed by atoms with Crippen LogP contribution in [-0.2, 0) is 0 Å². The fraction of sp³-hybridized carbons (Fsp3) is 0.462. The topological polar surface area (TPSA) is 23.6 Å². The Hall–Kier alpha value is -1.00. The van der Waals surface area contributed by atoms with E-state index in [4.69, 9.17) is 0 Å². The molecule has 0 N–H and O–H groups in total. The maximum Gasteiger partial charge on any atom is 0.253 e. The minimum atomic E-state index is 0.112. The van der Waals surface area contributed by atoms with Gasteiger partial charge in [-0.3, -0.25) is 4.79 Å². The van der Waals surface area contributed by atoms with Crippen molar-refractivity contribution in [3.63, 3.8) is 0 Å². The van der Waals surface area contributed by atoms with Crippen molar-refractivity contribution in [3.05, 3.63) is 29.8 Å². The van der Waals surface area contributed by atoms with Crippen molar-refractivity contribution in [2.75, 3.05) is 26.7 Å². The summed E-state index contributed by atoms with van der Waals surface area (Å²) in [4.78, 5) is 17.3. The van der Waals surface area contributed by atoms with Crippen LogP contribution >= 0.6 is 12.6 Å². The Bertz CT molecular complexity index is 422. The molecular weight excluding hydrogens is 232 g/mol. The molecule has 1 saturated heterocycles. The van der Waals surface area contributed by atoms with E-state index in [2.05, 4.69) is 31.5 Å². The first-order valence-electron chi connectivity index (χ1n) is 5.86. The third-order valence-corrected chi connectivity index (χ3v) is 3.62. The molecule has 1 fully saturated rings. The average molecular weight is 250 g/mol. The van der Waals surface area contributed by atoms with Gasteiger partial charge in [0.25, 0.3) is 5.91 Å². The fourth-order valence-corrected chi connectivity index (χ4v) is 2.28. The normalized spacial score (nSPS) is 21.6. The Morgan fingerprint density at radius 2 is 2.18 bits per heavy atom. The highest BCUT2D eigenvalue weighted by atomic mass is 32.1. The molecule has 92 valence electrons. The molecule has 0 radical (unpaired) electrons. The molecule has 0 bridgehead atoms. The lowest BCUT2D eigenvalue weighted by molar-refractivity contribution is 0.0572. The van der Waals surface area contributed by atoms with Crippen LogP contribution in [0.4, 0.5) is 0 Å². The molecule has 1 aromatic carbocycles. The predicted molar refractivity (Wildman–Crippen MR) is 71.7 cm³/mol. The monoisotopic (exact) mass is 250 g/mol. The van der Waals surface area contributed by atoms with E-state index in [0.29, 0.717) is 6.04 Å². The van der Waals surface area contributed by atoms with Crippen molar-refractivity contribution in [1.29, 1.82) is 0 Å². The van der Waals surface area contributed by atoms with Crippen LogP contribution < -0.4 is 0 Å². The van der Waals surface area contributed by atoms with Gasteiger partial charge < -0.3 is 9.80 Å². The zero-order valence-electron chi connectivity index (χ0n) is 10.3. The second-order valence-electron chi connectivity index (χ2n) is 4.63. The smallest absolute Gasteiger partial charge is 0.253 e. The number of likely N-dealkylation sites (N-methyl/N-ethyl adjacent to an activating group) is 1. The SMILES string of the molecule is CC1CN(C(=O)c2cccc(S)c2)CCN1C. The van der Waals surface area contributed by atoms with Gasteiger partial charge in [0, 0.05) is 36.1 Å². The molecule has 1 aliphatic heterocycles. The lowest BCUT2D eigenvalue weighted by Crippen LogP contribution is -2.52. The third kappa shape index (κ3) is 2.82. The number of hydrogen-bond acceptors (Lipinski definition) is 3. The zero-order chi connectivity index (χ0) is 12.4. The molecule has 1 unspecified atom stereocenters. The number of benzene rings is 1. The Balaban J connectivity index is 2.10.